The van der Waals surface area contributed by atoms with E-state index >= 15 is 0 Å². The molecule has 0 aromatic rings. The molecule has 0 saturated heterocycles. The van der Waals surface area contributed by atoms with Crippen LogP contribution in [0.25, 0.3) is 0 Å². The van der Waals surface area contributed by atoms with Gasteiger partial charge in [-0.25, -0.2) is 4.79 Å². The SMILES string of the molecule is CC(C)(C)OC(=O)N(C[Si](C)(C)C)N=O. The van der Waals surface area contributed by atoms with E-state index in [2.05, 4.69) is 24.9 Å². The first-order valence-corrected chi connectivity index (χ1v) is 8.60. The molecule has 0 aromatic heterocycles. The van der Waals surface area contributed by atoms with Crippen molar-refractivity contribution in [3.8, 4) is 0 Å². The van der Waals surface area contributed by atoms with Crippen molar-refractivity contribution >= 4 is 14.2 Å². The van der Waals surface area contributed by atoms with E-state index < -0.39 is 19.8 Å². The number of nitrogens with zero attached hydrogens (tertiary/aromatic N) is 2. The van der Waals surface area contributed by atoms with Gasteiger partial charge in [-0.05, 0) is 20.8 Å². The quantitative estimate of drug-likeness (QED) is 0.427. The summed E-state index contributed by atoms with van der Waals surface area (Å²) in [5, 5.41) is 3.57. The lowest BCUT2D eigenvalue weighted by atomic mass is 10.2. The van der Waals surface area contributed by atoms with Crippen LogP contribution in [-0.2, 0) is 4.74 Å². The van der Waals surface area contributed by atoms with Crippen LogP contribution in [0.4, 0.5) is 4.79 Å². The van der Waals surface area contributed by atoms with Gasteiger partial charge in [0.1, 0.15) is 5.60 Å². The molecule has 0 unspecified atom stereocenters. The molecule has 0 fully saturated rings. The Bertz CT molecular complexity index is 243. The molecule has 0 heterocycles. The van der Waals surface area contributed by atoms with E-state index in [1.165, 1.54) is 0 Å². The van der Waals surface area contributed by atoms with Gasteiger partial charge in [-0.3, -0.25) is 0 Å². The van der Waals surface area contributed by atoms with E-state index in [1.807, 2.05) is 0 Å². The summed E-state index contributed by atoms with van der Waals surface area (Å²) in [4.78, 5) is 22.0. The lowest BCUT2D eigenvalue weighted by Gasteiger charge is -2.25. The number of hydrogen-bond donors (Lipinski definition) is 0. The molecule has 6 heteroatoms. The Morgan fingerprint density at radius 3 is 2.07 bits per heavy atom. The Labute approximate surface area is 91.7 Å². The first kappa shape index (κ1) is 14.1. The second-order valence-electron chi connectivity index (χ2n) is 5.68. The fraction of sp³-hybridized carbons (Fsp3) is 0.889. The summed E-state index contributed by atoms with van der Waals surface area (Å²) in [6.45, 7) is 11.4. The average Bonchev–Trinajstić information content (AvgIpc) is 1.94. The molecule has 0 rings (SSSR count). The third-order valence-corrected chi connectivity index (χ3v) is 2.58. The van der Waals surface area contributed by atoms with Crippen LogP contribution in [0.15, 0.2) is 5.29 Å². The maximum atomic E-state index is 11.5. The van der Waals surface area contributed by atoms with Crippen molar-refractivity contribution in [3.63, 3.8) is 0 Å². The fourth-order valence-electron chi connectivity index (χ4n) is 0.891. The minimum Gasteiger partial charge on any atom is -0.442 e. The third-order valence-electron chi connectivity index (χ3n) is 1.33. The number of carbonyl (C=O) groups excluding carboxylic acids is 1. The maximum Gasteiger partial charge on any atom is 0.433 e. The lowest BCUT2D eigenvalue weighted by molar-refractivity contribution is 0.0280. The Balaban J connectivity index is 4.43. The Kier molecular flexibility index (Phi) is 4.45. The molecule has 0 radical (unpaired) electrons. The van der Waals surface area contributed by atoms with Gasteiger partial charge in [0.05, 0.1) is 13.4 Å². The van der Waals surface area contributed by atoms with Gasteiger partial charge in [0.15, 0.2) is 0 Å². The van der Waals surface area contributed by atoms with Gasteiger partial charge in [0.25, 0.3) is 0 Å². The summed E-state index contributed by atoms with van der Waals surface area (Å²) in [6, 6.07) is 0. The number of ether oxygens (including phenoxy) is 1. The molecule has 0 aromatic carbocycles. The lowest BCUT2D eigenvalue weighted by Crippen LogP contribution is -2.42. The van der Waals surface area contributed by atoms with Gasteiger partial charge in [-0.15, -0.1) is 4.91 Å². The predicted octanol–water partition coefficient (Wildman–Crippen LogP) is 2.78. The molecule has 15 heavy (non-hydrogen) atoms. The number of hydrogen-bond acceptors (Lipinski definition) is 4. The van der Waals surface area contributed by atoms with Crippen LogP contribution in [0.1, 0.15) is 20.8 Å². The first-order valence-electron chi connectivity index (χ1n) is 4.89. The molecule has 88 valence electrons. The largest absolute Gasteiger partial charge is 0.442 e. The van der Waals surface area contributed by atoms with Crippen molar-refractivity contribution in [1.82, 2.24) is 5.01 Å². The van der Waals surface area contributed by atoms with Crippen molar-refractivity contribution in [2.75, 3.05) is 6.17 Å². The Hall–Kier alpha value is -0.913. The van der Waals surface area contributed by atoms with Crippen LogP contribution in [0.3, 0.4) is 0 Å². The second kappa shape index (κ2) is 4.74. The van der Waals surface area contributed by atoms with Gasteiger partial charge in [-0.1, -0.05) is 19.6 Å². The van der Waals surface area contributed by atoms with Gasteiger partial charge >= 0.3 is 6.09 Å². The van der Waals surface area contributed by atoms with Crippen LogP contribution >= 0.6 is 0 Å². The van der Waals surface area contributed by atoms with E-state index in [4.69, 9.17) is 4.74 Å². The Morgan fingerprint density at radius 1 is 1.33 bits per heavy atom. The highest BCUT2D eigenvalue weighted by molar-refractivity contribution is 6.76. The minimum atomic E-state index is -1.55. The second-order valence-corrected chi connectivity index (χ2v) is 11.1. The van der Waals surface area contributed by atoms with Crippen molar-refractivity contribution in [1.29, 1.82) is 0 Å². The highest BCUT2D eigenvalue weighted by Gasteiger charge is 2.27. The van der Waals surface area contributed by atoms with Gasteiger partial charge < -0.3 is 4.74 Å². The highest BCUT2D eigenvalue weighted by atomic mass is 28.3. The summed E-state index contributed by atoms with van der Waals surface area (Å²) < 4.78 is 5.05. The van der Waals surface area contributed by atoms with Crippen molar-refractivity contribution < 1.29 is 9.53 Å². The molecule has 0 atom stereocenters. The third kappa shape index (κ3) is 7.07. The molecular weight excluding hydrogens is 212 g/mol. The summed E-state index contributed by atoms with van der Waals surface area (Å²) in [7, 11) is -1.55. The van der Waals surface area contributed by atoms with Gasteiger partial charge in [-0.2, -0.15) is 5.01 Å². The summed E-state index contributed by atoms with van der Waals surface area (Å²) in [5.74, 6) is 0. The van der Waals surface area contributed by atoms with E-state index in [0.29, 0.717) is 6.17 Å². The number of carbonyl (C=O) groups is 1. The summed E-state index contributed by atoms with van der Waals surface area (Å²) in [5.41, 5.74) is -0.598. The molecule has 0 N–H and O–H groups in total. The monoisotopic (exact) mass is 232 g/mol. The molecular formula is C9H20N2O3Si. The van der Waals surface area contributed by atoms with Crippen LogP contribution in [0.5, 0.6) is 0 Å². The zero-order valence-corrected chi connectivity index (χ0v) is 11.3. The normalized spacial score (nSPS) is 12.1. The Morgan fingerprint density at radius 2 is 1.80 bits per heavy atom. The van der Waals surface area contributed by atoms with E-state index in [1.54, 1.807) is 20.8 Å². The predicted molar refractivity (Wildman–Crippen MR) is 62.1 cm³/mol. The zero-order chi connectivity index (χ0) is 12.3. The zero-order valence-electron chi connectivity index (χ0n) is 10.3. The molecule has 0 aliphatic rings. The molecule has 0 spiro atoms. The molecule has 0 aliphatic heterocycles. The van der Waals surface area contributed by atoms with Crippen molar-refractivity contribution in [2.24, 2.45) is 5.29 Å². The summed E-state index contributed by atoms with van der Waals surface area (Å²) in [6.07, 6.45) is -0.286. The average molecular weight is 232 g/mol. The van der Waals surface area contributed by atoms with Crippen LogP contribution in [0.2, 0.25) is 19.6 Å². The number of amides is 1. The number of nitroso groups, excluding NO2 is 1. The maximum absolute atomic E-state index is 11.5. The van der Waals surface area contributed by atoms with Crippen LogP contribution < -0.4 is 0 Å². The van der Waals surface area contributed by atoms with Crippen LogP contribution in [-0.4, -0.2) is 30.9 Å². The fourth-order valence-corrected chi connectivity index (χ4v) is 1.98. The molecule has 1 amide bonds. The molecule has 0 aliphatic carbocycles. The summed E-state index contributed by atoms with van der Waals surface area (Å²) >= 11 is 0. The van der Waals surface area contributed by atoms with E-state index in [0.717, 1.165) is 5.01 Å². The van der Waals surface area contributed by atoms with Crippen molar-refractivity contribution in [3.05, 3.63) is 4.91 Å². The smallest absolute Gasteiger partial charge is 0.433 e. The van der Waals surface area contributed by atoms with Crippen LogP contribution in [0, 0.1) is 4.91 Å². The van der Waals surface area contributed by atoms with Crippen molar-refractivity contribution in [2.45, 2.75) is 46.0 Å². The number of rotatable bonds is 3. The highest BCUT2D eigenvalue weighted by Crippen LogP contribution is 2.12. The minimum absolute atomic E-state index is 0.380. The molecule has 0 bridgehead atoms. The molecule has 0 saturated carbocycles. The van der Waals surface area contributed by atoms with E-state index in [9.17, 15) is 9.70 Å². The van der Waals surface area contributed by atoms with E-state index in [-0.39, 0.29) is 0 Å². The topological polar surface area (TPSA) is 59.0 Å². The van der Waals surface area contributed by atoms with Gasteiger partial charge in [0.2, 0.25) is 0 Å². The standard InChI is InChI=1S/C9H20N2O3Si/c1-9(2,3)14-8(12)11(10-13)7-15(4,5)6/h7H2,1-6H3. The molecule has 5 nitrogen and oxygen atoms in total. The first-order chi connectivity index (χ1) is 6.55. The van der Waals surface area contributed by atoms with Gasteiger partial charge in [0, 0.05) is 6.17 Å².